The minimum absolute atomic E-state index is 0.155. The van der Waals surface area contributed by atoms with Crippen LogP contribution in [-0.4, -0.2) is 40.4 Å². The largest absolute Gasteiger partial charge is 0.340 e. The summed E-state index contributed by atoms with van der Waals surface area (Å²) in [6.45, 7) is 0.710. The fourth-order valence-corrected chi connectivity index (χ4v) is 4.47. The van der Waals surface area contributed by atoms with E-state index in [1.807, 2.05) is 41.9 Å². The molecule has 1 amide bonds. The van der Waals surface area contributed by atoms with Crippen LogP contribution < -0.4 is 0 Å². The van der Waals surface area contributed by atoms with Crippen molar-refractivity contribution in [2.24, 2.45) is 0 Å². The number of carbonyl (C=O) groups is 1. The summed E-state index contributed by atoms with van der Waals surface area (Å²) >= 11 is 3.68. The average molecular weight is 267 g/mol. The van der Waals surface area contributed by atoms with Crippen molar-refractivity contribution in [2.75, 3.05) is 24.3 Å². The van der Waals surface area contributed by atoms with E-state index in [4.69, 9.17) is 0 Å². The van der Waals surface area contributed by atoms with E-state index in [2.05, 4.69) is 12.1 Å². The predicted molar refractivity (Wildman–Crippen MR) is 76.5 cm³/mol. The molecule has 92 valence electrons. The van der Waals surface area contributed by atoms with Gasteiger partial charge < -0.3 is 4.90 Å². The Bertz CT molecular complexity index is 363. The first-order valence-electron chi connectivity index (χ1n) is 5.75. The maximum atomic E-state index is 12.2. The fraction of sp³-hybridized carbons (Fsp3) is 0.462. The Labute approximate surface area is 111 Å². The Morgan fingerprint density at radius 1 is 1.35 bits per heavy atom. The van der Waals surface area contributed by atoms with Gasteiger partial charge >= 0.3 is 0 Å². The summed E-state index contributed by atoms with van der Waals surface area (Å²) in [5, 5.41) is 0.155. The fourth-order valence-electron chi connectivity index (χ4n) is 1.81. The molecule has 0 aromatic heterocycles. The standard InChI is InChI=1S/C13H17NOS2/c1-14(9-11-5-3-2-4-6-11)13(15)12-10-16-7-8-17-12/h2-6,12H,7-10H2,1H3. The number of amides is 1. The molecule has 1 fully saturated rings. The second kappa shape index (κ2) is 6.36. The zero-order valence-electron chi connectivity index (χ0n) is 9.96. The normalized spacial score (nSPS) is 19.9. The first-order valence-corrected chi connectivity index (χ1v) is 7.96. The SMILES string of the molecule is CN(Cc1ccccc1)C(=O)C1CSCCS1. The lowest BCUT2D eigenvalue weighted by Gasteiger charge is -2.25. The number of carbonyl (C=O) groups excluding carboxylic acids is 1. The van der Waals surface area contributed by atoms with Gasteiger partial charge in [-0.05, 0) is 5.56 Å². The minimum atomic E-state index is 0.155. The molecule has 2 rings (SSSR count). The molecule has 1 unspecified atom stereocenters. The zero-order valence-corrected chi connectivity index (χ0v) is 11.6. The summed E-state index contributed by atoms with van der Waals surface area (Å²) in [5.41, 5.74) is 1.19. The Morgan fingerprint density at radius 3 is 2.76 bits per heavy atom. The van der Waals surface area contributed by atoms with Crippen molar-refractivity contribution in [2.45, 2.75) is 11.8 Å². The molecule has 0 N–H and O–H groups in total. The lowest BCUT2D eigenvalue weighted by Crippen LogP contribution is -2.37. The van der Waals surface area contributed by atoms with Crippen LogP contribution in [0.15, 0.2) is 30.3 Å². The molecular formula is C13H17NOS2. The first kappa shape index (κ1) is 12.8. The first-order chi connectivity index (χ1) is 8.27. The van der Waals surface area contributed by atoms with Crippen molar-refractivity contribution >= 4 is 29.4 Å². The molecular weight excluding hydrogens is 250 g/mol. The Kier molecular flexibility index (Phi) is 4.80. The summed E-state index contributed by atoms with van der Waals surface area (Å²) in [6, 6.07) is 10.1. The van der Waals surface area contributed by atoms with E-state index in [0.717, 1.165) is 11.5 Å². The number of rotatable bonds is 3. The molecule has 1 aromatic carbocycles. The summed E-state index contributed by atoms with van der Waals surface area (Å²) in [4.78, 5) is 14.0. The van der Waals surface area contributed by atoms with Crippen LogP contribution in [0, 0.1) is 0 Å². The van der Waals surface area contributed by atoms with Gasteiger partial charge in [0, 0.05) is 30.9 Å². The zero-order chi connectivity index (χ0) is 12.1. The molecule has 0 spiro atoms. The van der Waals surface area contributed by atoms with Gasteiger partial charge in [0.2, 0.25) is 5.91 Å². The van der Waals surface area contributed by atoms with E-state index in [9.17, 15) is 4.79 Å². The van der Waals surface area contributed by atoms with Crippen LogP contribution in [-0.2, 0) is 11.3 Å². The minimum Gasteiger partial charge on any atom is -0.340 e. The molecule has 0 bridgehead atoms. The highest BCUT2D eigenvalue weighted by Gasteiger charge is 2.24. The number of hydrogen-bond donors (Lipinski definition) is 0. The van der Waals surface area contributed by atoms with Gasteiger partial charge in [0.1, 0.15) is 0 Å². The second-order valence-electron chi connectivity index (χ2n) is 4.11. The Morgan fingerprint density at radius 2 is 2.12 bits per heavy atom. The topological polar surface area (TPSA) is 20.3 Å². The number of benzene rings is 1. The molecule has 4 heteroatoms. The smallest absolute Gasteiger partial charge is 0.236 e. The van der Waals surface area contributed by atoms with Crippen LogP contribution in [0.1, 0.15) is 5.56 Å². The van der Waals surface area contributed by atoms with Gasteiger partial charge in [-0.2, -0.15) is 11.8 Å². The molecule has 0 saturated carbocycles. The van der Waals surface area contributed by atoms with E-state index in [1.165, 1.54) is 11.3 Å². The van der Waals surface area contributed by atoms with Gasteiger partial charge in [0.05, 0.1) is 5.25 Å². The lowest BCUT2D eigenvalue weighted by atomic mass is 10.2. The molecule has 0 aliphatic carbocycles. The third kappa shape index (κ3) is 3.68. The highest BCUT2D eigenvalue weighted by Crippen LogP contribution is 2.25. The van der Waals surface area contributed by atoms with Crippen LogP contribution in [0.3, 0.4) is 0 Å². The van der Waals surface area contributed by atoms with Crippen LogP contribution in [0.4, 0.5) is 0 Å². The lowest BCUT2D eigenvalue weighted by molar-refractivity contribution is -0.129. The van der Waals surface area contributed by atoms with Crippen molar-refractivity contribution in [3.05, 3.63) is 35.9 Å². The molecule has 17 heavy (non-hydrogen) atoms. The summed E-state index contributed by atoms with van der Waals surface area (Å²) in [7, 11) is 1.90. The van der Waals surface area contributed by atoms with Crippen molar-refractivity contribution in [3.63, 3.8) is 0 Å². The number of nitrogens with zero attached hydrogens (tertiary/aromatic N) is 1. The van der Waals surface area contributed by atoms with Gasteiger partial charge in [-0.25, -0.2) is 0 Å². The maximum absolute atomic E-state index is 12.2. The highest BCUT2D eigenvalue weighted by molar-refractivity contribution is 8.07. The molecule has 1 aliphatic rings. The van der Waals surface area contributed by atoms with Crippen LogP contribution in [0.5, 0.6) is 0 Å². The summed E-state index contributed by atoms with van der Waals surface area (Å²) < 4.78 is 0. The van der Waals surface area contributed by atoms with E-state index in [-0.39, 0.29) is 11.2 Å². The number of thioether (sulfide) groups is 2. The quantitative estimate of drug-likeness (QED) is 0.839. The van der Waals surface area contributed by atoms with Crippen LogP contribution >= 0.6 is 23.5 Å². The molecule has 1 saturated heterocycles. The van der Waals surface area contributed by atoms with Gasteiger partial charge in [-0.15, -0.1) is 11.8 Å². The molecule has 2 nitrogen and oxygen atoms in total. The summed E-state index contributed by atoms with van der Waals surface area (Å²) in [6.07, 6.45) is 0. The third-order valence-electron chi connectivity index (χ3n) is 2.73. The van der Waals surface area contributed by atoms with E-state index in [1.54, 1.807) is 11.8 Å². The van der Waals surface area contributed by atoms with Gasteiger partial charge in [-0.3, -0.25) is 4.79 Å². The van der Waals surface area contributed by atoms with Crippen molar-refractivity contribution < 1.29 is 4.79 Å². The summed E-state index contributed by atoms with van der Waals surface area (Å²) in [5.74, 6) is 3.51. The van der Waals surface area contributed by atoms with E-state index in [0.29, 0.717) is 6.54 Å². The molecule has 1 heterocycles. The van der Waals surface area contributed by atoms with Gasteiger partial charge in [0.25, 0.3) is 0 Å². The molecule has 1 aliphatic heterocycles. The number of hydrogen-bond acceptors (Lipinski definition) is 3. The maximum Gasteiger partial charge on any atom is 0.236 e. The monoisotopic (exact) mass is 267 g/mol. The van der Waals surface area contributed by atoms with Gasteiger partial charge in [-0.1, -0.05) is 30.3 Å². The average Bonchev–Trinajstić information content (AvgIpc) is 2.40. The van der Waals surface area contributed by atoms with E-state index >= 15 is 0 Å². The second-order valence-corrected chi connectivity index (χ2v) is 6.57. The molecule has 1 aromatic rings. The highest BCUT2D eigenvalue weighted by atomic mass is 32.2. The van der Waals surface area contributed by atoms with Crippen molar-refractivity contribution in [3.8, 4) is 0 Å². The predicted octanol–water partition coefficient (Wildman–Crippen LogP) is 2.49. The van der Waals surface area contributed by atoms with Crippen molar-refractivity contribution in [1.29, 1.82) is 0 Å². The van der Waals surface area contributed by atoms with Gasteiger partial charge in [0.15, 0.2) is 0 Å². The Hall–Kier alpha value is -0.610. The van der Waals surface area contributed by atoms with Crippen LogP contribution in [0.25, 0.3) is 0 Å². The van der Waals surface area contributed by atoms with Crippen molar-refractivity contribution in [1.82, 2.24) is 4.90 Å². The van der Waals surface area contributed by atoms with E-state index < -0.39 is 0 Å². The molecule has 0 radical (unpaired) electrons. The Balaban J connectivity index is 1.90. The third-order valence-corrected chi connectivity index (χ3v) is 5.47. The molecule has 1 atom stereocenters. The van der Waals surface area contributed by atoms with Crippen LogP contribution in [0.2, 0.25) is 0 Å².